The fourth-order valence-electron chi connectivity index (χ4n) is 4.23. The van der Waals surface area contributed by atoms with E-state index in [1.54, 1.807) is 0 Å². The van der Waals surface area contributed by atoms with Crippen LogP contribution in [0, 0.1) is 5.92 Å². The molecule has 2 aromatic rings. The molecular formula is C21H25N3O2. The minimum atomic E-state index is -0.363. The summed E-state index contributed by atoms with van der Waals surface area (Å²) < 4.78 is 0. The maximum Gasteiger partial charge on any atom is 0.248 e. The van der Waals surface area contributed by atoms with Gasteiger partial charge in [-0.1, -0.05) is 37.5 Å². The number of carbonyl (C=O) groups is 2. The highest BCUT2D eigenvalue weighted by atomic mass is 16.2. The van der Waals surface area contributed by atoms with Crippen molar-refractivity contribution < 1.29 is 9.59 Å². The van der Waals surface area contributed by atoms with Gasteiger partial charge in [-0.05, 0) is 43.9 Å². The van der Waals surface area contributed by atoms with Crippen molar-refractivity contribution >= 4 is 28.5 Å². The molecule has 1 aliphatic carbocycles. The van der Waals surface area contributed by atoms with Crippen molar-refractivity contribution in [1.29, 1.82) is 0 Å². The SMILES string of the molecule is O=C(Nc1ccc2ccccc2n1)[C@H]1CCCN1C(=O)C1CCCCC1. The predicted octanol–water partition coefficient (Wildman–Crippen LogP) is 3.74. The van der Waals surface area contributed by atoms with Crippen LogP contribution in [-0.2, 0) is 9.59 Å². The van der Waals surface area contributed by atoms with Crippen LogP contribution < -0.4 is 5.32 Å². The molecule has 1 saturated carbocycles. The first-order valence-electron chi connectivity index (χ1n) is 9.69. The zero-order valence-corrected chi connectivity index (χ0v) is 15.0. The molecule has 2 fully saturated rings. The summed E-state index contributed by atoms with van der Waals surface area (Å²) >= 11 is 0. The van der Waals surface area contributed by atoms with Crippen LogP contribution in [0.1, 0.15) is 44.9 Å². The molecule has 0 radical (unpaired) electrons. The van der Waals surface area contributed by atoms with Crippen LogP contribution in [0.2, 0.25) is 0 Å². The Bertz CT molecular complexity index is 814. The van der Waals surface area contributed by atoms with E-state index in [-0.39, 0.29) is 23.8 Å². The number of nitrogens with one attached hydrogen (secondary N) is 1. The molecule has 0 bridgehead atoms. The molecule has 1 aromatic carbocycles. The van der Waals surface area contributed by atoms with Gasteiger partial charge in [-0.3, -0.25) is 9.59 Å². The second-order valence-corrected chi connectivity index (χ2v) is 7.40. The lowest BCUT2D eigenvalue weighted by molar-refractivity contribution is -0.141. The molecule has 26 heavy (non-hydrogen) atoms. The molecule has 1 N–H and O–H groups in total. The molecule has 1 aliphatic heterocycles. The monoisotopic (exact) mass is 351 g/mol. The maximum absolute atomic E-state index is 12.9. The van der Waals surface area contributed by atoms with Crippen molar-refractivity contribution in [1.82, 2.24) is 9.88 Å². The molecule has 1 saturated heterocycles. The highest BCUT2D eigenvalue weighted by Crippen LogP contribution is 2.29. The lowest BCUT2D eigenvalue weighted by atomic mass is 9.88. The van der Waals surface area contributed by atoms with E-state index in [1.807, 2.05) is 41.3 Å². The number of hydrogen-bond donors (Lipinski definition) is 1. The molecule has 5 nitrogen and oxygen atoms in total. The smallest absolute Gasteiger partial charge is 0.248 e. The number of carbonyl (C=O) groups excluding carboxylic acids is 2. The van der Waals surface area contributed by atoms with Crippen molar-refractivity contribution in [3.63, 3.8) is 0 Å². The normalized spacial score (nSPS) is 21.1. The molecule has 1 aromatic heterocycles. The van der Waals surface area contributed by atoms with Crippen LogP contribution in [-0.4, -0.2) is 34.3 Å². The van der Waals surface area contributed by atoms with Gasteiger partial charge in [-0.25, -0.2) is 4.98 Å². The number of amides is 2. The lowest BCUT2D eigenvalue weighted by Gasteiger charge is -2.30. The average molecular weight is 351 g/mol. The Morgan fingerprint density at radius 2 is 1.77 bits per heavy atom. The zero-order valence-electron chi connectivity index (χ0n) is 15.0. The van der Waals surface area contributed by atoms with E-state index in [9.17, 15) is 9.59 Å². The topological polar surface area (TPSA) is 62.3 Å². The Balaban J connectivity index is 1.46. The van der Waals surface area contributed by atoms with Crippen molar-refractivity contribution in [2.24, 2.45) is 5.92 Å². The van der Waals surface area contributed by atoms with Gasteiger partial charge in [-0.15, -0.1) is 0 Å². The number of nitrogens with zero attached hydrogens (tertiary/aromatic N) is 2. The predicted molar refractivity (Wildman–Crippen MR) is 102 cm³/mol. The molecule has 2 aliphatic rings. The first-order chi connectivity index (χ1) is 12.7. The summed E-state index contributed by atoms with van der Waals surface area (Å²) in [6, 6.07) is 11.2. The number of aromatic nitrogens is 1. The number of rotatable bonds is 3. The minimum Gasteiger partial charge on any atom is -0.330 e. The third-order valence-electron chi connectivity index (χ3n) is 5.64. The third-order valence-corrected chi connectivity index (χ3v) is 5.64. The Morgan fingerprint density at radius 1 is 0.962 bits per heavy atom. The standard InChI is InChI=1S/C21H25N3O2/c25-20(23-19-13-12-15-7-4-5-10-17(15)22-19)18-11-6-14-24(18)21(26)16-8-2-1-3-9-16/h4-5,7,10,12-13,16,18H,1-3,6,8-9,11,14H2,(H,22,23,25)/t18-/m1/s1. The number of para-hydroxylation sites is 1. The Labute approximate surface area is 153 Å². The minimum absolute atomic E-state index is 0.107. The van der Waals surface area contributed by atoms with E-state index in [4.69, 9.17) is 0 Å². The summed E-state index contributed by atoms with van der Waals surface area (Å²) in [4.78, 5) is 32.0. The molecule has 5 heteroatoms. The van der Waals surface area contributed by atoms with Gasteiger partial charge in [0, 0.05) is 17.8 Å². The van der Waals surface area contributed by atoms with E-state index in [0.717, 1.165) is 49.4 Å². The van der Waals surface area contributed by atoms with Gasteiger partial charge in [0.1, 0.15) is 11.9 Å². The van der Waals surface area contributed by atoms with E-state index in [0.29, 0.717) is 12.4 Å². The van der Waals surface area contributed by atoms with Gasteiger partial charge in [0.15, 0.2) is 0 Å². The fourth-order valence-corrected chi connectivity index (χ4v) is 4.23. The Morgan fingerprint density at radius 3 is 2.62 bits per heavy atom. The average Bonchev–Trinajstić information content (AvgIpc) is 3.18. The van der Waals surface area contributed by atoms with E-state index in [1.165, 1.54) is 6.42 Å². The zero-order chi connectivity index (χ0) is 17.9. The number of anilines is 1. The van der Waals surface area contributed by atoms with Gasteiger partial charge >= 0.3 is 0 Å². The number of fused-ring (bicyclic) bond motifs is 1. The highest BCUT2D eigenvalue weighted by Gasteiger charge is 2.37. The number of likely N-dealkylation sites (tertiary alicyclic amines) is 1. The van der Waals surface area contributed by atoms with Crippen LogP contribution >= 0.6 is 0 Å². The molecule has 136 valence electrons. The first kappa shape index (κ1) is 17.0. The van der Waals surface area contributed by atoms with Crippen LogP contribution in [0.15, 0.2) is 36.4 Å². The third kappa shape index (κ3) is 3.43. The van der Waals surface area contributed by atoms with E-state index in [2.05, 4.69) is 10.3 Å². The van der Waals surface area contributed by atoms with Crippen LogP contribution in [0.4, 0.5) is 5.82 Å². The number of benzene rings is 1. The first-order valence-corrected chi connectivity index (χ1v) is 9.69. The summed E-state index contributed by atoms with van der Waals surface area (Å²) in [5.41, 5.74) is 0.854. The summed E-state index contributed by atoms with van der Waals surface area (Å²) in [5.74, 6) is 0.713. The molecule has 1 atom stereocenters. The largest absolute Gasteiger partial charge is 0.330 e. The summed E-state index contributed by atoms with van der Waals surface area (Å²) in [6.45, 7) is 0.693. The molecule has 4 rings (SSSR count). The van der Waals surface area contributed by atoms with Gasteiger partial charge in [0.05, 0.1) is 5.52 Å². The van der Waals surface area contributed by atoms with E-state index >= 15 is 0 Å². The van der Waals surface area contributed by atoms with Crippen molar-refractivity contribution in [2.75, 3.05) is 11.9 Å². The second kappa shape index (κ2) is 7.44. The molecule has 2 heterocycles. The van der Waals surface area contributed by atoms with Crippen LogP contribution in [0.25, 0.3) is 10.9 Å². The van der Waals surface area contributed by atoms with Crippen LogP contribution in [0.5, 0.6) is 0 Å². The van der Waals surface area contributed by atoms with Crippen molar-refractivity contribution in [3.05, 3.63) is 36.4 Å². The van der Waals surface area contributed by atoms with Crippen LogP contribution in [0.3, 0.4) is 0 Å². The number of hydrogen-bond acceptors (Lipinski definition) is 3. The van der Waals surface area contributed by atoms with Crippen molar-refractivity contribution in [3.8, 4) is 0 Å². The summed E-state index contributed by atoms with van der Waals surface area (Å²) in [7, 11) is 0. The highest BCUT2D eigenvalue weighted by molar-refractivity contribution is 5.98. The summed E-state index contributed by atoms with van der Waals surface area (Å²) in [6.07, 6.45) is 7.04. The fraction of sp³-hybridized carbons (Fsp3) is 0.476. The van der Waals surface area contributed by atoms with Gasteiger partial charge < -0.3 is 10.2 Å². The van der Waals surface area contributed by atoms with E-state index < -0.39 is 0 Å². The second-order valence-electron chi connectivity index (χ2n) is 7.40. The van der Waals surface area contributed by atoms with Crippen molar-refractivity contribution in [2.45, 2.75) is 51.0 Å². The van der Waals surface area contributed by atoms with Gasteiger partial charge in [-0.2, -0.15) is 0 Å². The molecule has 2 amide bonds. The lowest BCUT2D eigenvalue weighted by Crippen LogP contribution is -2.46. The van der Waals surface area contributed by atoms with Gasteiger partial charge in [0.25, 0.3) is 0 Å². The Hall–Kier alpha value is -2.43. The van der Waals surface area contributed by atoms with Gasteiger partial charge in [0.2, 0.25) is 11.8 Å². The Kier molecular flexibility index (Phi) is 4.87. The summed E-state index contributed by atoms with van der Waals surface area (Å²) in [5, 5.41) is 3.96. The molecular weight excluding hydrogens is 326 g/mol. The number of pyridine rings is 1. The quantitative estimate of drug-likeness (QED) is 0.916. The maximum atomic E-state index is 12.9. The molecule has 0 unspecified atom stereocenters. The molecule has 0 spiro atoms.